The molecule has 7 heteroatoms. The van der Waals surface area contributed by atoms with Crippen LogP contribution in [0.25, 0.3) is 0 Å². The van der Waals surface area contributed by atoms with Gasteiger partial charge in [0.15, 0.2) is 0 Å². The van der Waals surface area contributed by atoms with Crippen LogP contribution in [-0.4, -0.2) is 71.7 Å². The average Bonchev–Trinajstić information content (AvgIpc) is 2.45. The highest BCUT2D eigenvalue weighted by molar-refractivity contribution is 7.89. The highest BCUT2D eigenvalue weighted by atomic mass is 32.2. The van der Waals surface area contributed by atoms with E-state index in [4.69, 9.17) is 14.2 Å². The molecule has 0 aromatic rings. The van der Waals surface area contributed by atoms with Crippen LogP contribution in [0.5, 0.6) is 0 Å². The number of hydrogen-bond acceptors (Lipinski definition) is 5. The summed E-state index contributed by atoms with van der Waals surface area (Å²) in [7, 11) is -0.0334. The van der Waals surface area contributed by atoms with Gasteiger partial charge in [0.2, 0.25) is 10.0 Å². The third-order valence-electron chi connectivity index (χ3n) is 3.43. The lowest BCUT2D eigenvalue weighted by molar-refractivity contribution is 0.00947. The summed E-state index contributed by atoms with van der Waals surface area (Å²) in [6.07, 6.45) is 4.30. The first kappa shape index (κ1) is 17.8. The summed E-state index contributed by atoms with van der Waals surface area (Å²) >= 11 is 0. The molecule has 0 bridgehead atoms. The van der Waals surface area contributed by atoms with Crippen LogP contribution in [0.2, 0.25) is 0 Å². The molecule has 0 aliphatic carbocycles. The Bertz CT molecular complexity index is 341. The van der Waals surface area contributed by atoms with Gasteiger partial charge in [-0.05, 0) is 25.7 Å². The van der Waals surface area contributed by atoms with Gasteiger partial charge in [0.05, 0.1) is 31.7 Å². The Kier molecular flexibility index (Phi) is 8.63. The van der Waals surface area contributed by atoms with Crippen LogP contribution in [0.15, 0.2) is 0 Å². The molecule has 0 spiro atoms. The third-order valence-corrected chi connectivity index (χ3v) is 5.25. The van der Waals surface area contributed by atoms with Crippen molar-refractivity contribution in [2.45, 2.75) is 31.8 Å². The van der Waals surface area contributed by atoms with E-state index in [0.717, 1.165) is 25.9 Å². The van der Waals surface area contributed by atoms with E-state index in [1.54, 1.807) is 14.2 Å². The average molecular weight is 309 g/mol. The van der Waals surface area contributed by atoms with Crippen molar-refractivity contribution in [3.05, 3.63) is 0 Å². The molecule has 0 saturated carbocycles. The van der Waals surface area contributed by atoms with Crippen molar-refractivity contribution in [2.24, 2.45) is 0 Å². The maximum absolute atomic E-state index is 12.0. The fourth-order valence-corrected chi connectivity index (χ4v) is 3.09. The molecule has 1 saturated heterocycles. The number of nitrogens with zero attached hydrogens (tertiary/aromatic N) is 1. The number of ether oxygens (including phenoxy) is 3. The summed E-state index contributed by atoms with van der Waals surface area (Å²) in [5.41, 5.74) is 0. The molecule has 0 radical (unpaired) electrons. The Balaban J connectivity index is 2.20. The lowest BCUT2D eigenvalue weighted by atomic mass is 10.1. The van der Waals surface area contributed by atoms with Gasteiger partial charge in [-0.2, -0.15) is 0 Å². The summed E-state index contributed by atoms with van der Waals surface area (Å²) in [5, 5.41) is 0. The minimum absolute atomic E-state index is 0.0126. The Labute approximate surface area is 122 Å². The number of sulfonamides is 1. The largest absolute Gasteiger partial charge is 0.382 e. The molecule has 0 N–H and O–H groups in total. The molecule has 1 unspecified atom stereocenters. The van der Waals surface area contributed by atoms with Crippen LogP contribution in [0.4, 0.5) is 0 Å². The van der Waals surface area contributed by atoms with Crippen LogP contribution in [0.1, 0.15) is 25.7 Å². The quantitative estimate of drug-likeness (QED) is 0.560. The number of rotatable bonds is 10. The van der Waals surface area contributed by atoms with Gasteiger partial charge in [-0.15, -0.1) is 0 Å². The predicted octanol–water partition coefficient (Wildman–Crippen LogP) is 0.870. The van der Waals surface area contributed by atoms with Crippen molar-refractivity contribution in [2.75, 3.05) is 52.9 Å². The summed E-state index contributed by atoms with van der Waals surface area (Å²) in [5.74, 6) is 0.0126. The van der Waals surface area contributed by atoms with Gasteiger partial charge in [-0.1, -0.05) is 0 Å². The first-order valence-electron chi connectivity index (χ1n) is 7.18. The van der Waals surface area contributed by atoms with Crippen molar-refractivity contribution in [3.63, 3.8) is 0 Å². The standard InChI is InChI=1S/C13H27NO5S/c1-14(7-6-13-5-3-4-8-19-13)20(15,16)12-11-18-10-9-17-2/h13H,3-12H2,1-2H3. The molecule has 6 nitrogen and oxygen atoms in total. The van der Waals surface area contributed by atoms with Crippen LogP contribution in [0, 0.1) is 0 Å². The summed E-state index contributed by atoms with van der Waals surface area (Å²) in [6.45, 7) is 2.41. The Hall–Kier alpha value is -0.210. The van der Waals surface area contributed by atoms with E-state index in [2.05, 4.69) is 0 Å². The summed E-state index contributed by atoms with van der Waals surface area (Å²) in [6, 6.07) is 0. The van der Waals surface area contributed by atoms with Crippen molar-refractivity contribution in [1.82, 2.24) is 4.31 Å². The topological polar surface area (TPSA) is 65.1 Å². The maximum Gasteiger partial charge on any atom is 0.216 e. The first-order valence-corrected chi connectivity index (χ1v) is 8.79. The molecule has 20 heavy (non-hydrogen) atoms. The van der Waals surface area contributed by atoms with Crippen molar-refractivity contribution < 1.29 is 22.6 Å². The van der Waals surface area contributed by atoms with Gasteiger partial charge in [0, 0.05) is 27.3 Å². The molecule has 1 heterocycles. The van der Waals surface area contributed by atoms with Crippen LogP contribution >= 0.6 is 0 Å². The second kappa shape index (κ2) is 9.68. The molecule has 1 rings (SSSR count). The normalized spacial score (nSPS) is 20.4. The molecule has 1 fully saturated rings. The second-order valence-electron chi connectivity index (χ2n) is 5.02. The van der Waals surface area contributed by atoms with Crippen molar-refractivity contribution in [3.8, 4) is 0 Å². The molecule has 0 amide bonds. The third kappa shape index (κ3) is 6.99. The molecule has 120 valence electrons. The van der Waals surface area contributed by atoms with E-state index in [1.807, 2.05) is 0 Å². The van der Waals surface area contributed by atoms with E-state index in [0.29, 0.717) is 19.8 Å². The number of hydrogen-bond donors (Lipinski definition) is 0. The summed E-state index contributed by atoms with van der Waals surface area (Å²) in [4.78, 5) is 0. The molecular weight excluding hydrogens is 282 g/mol. The van der Waals surface area contributed by atoms with Gasteiger partial charge in [-0.3, -0.25) is 0 Å². The highest BCUT2D eigenvalue weighted by Crippen LogP contribution is 2.16. The van der Waals surface area contributed by atoms with Gasteiger partial charge in [0.1, 0.15) is 0 Å². The fourth-order valence-electron chi connectivity index (χ4n) is 2.06. The SMILES string of the molecule is COCCOCCS(=O)(=O)N(C)CCC1CCCCO1. The number of methoxy groups -OCH3 is 1. The predicted molar refractivity (Wildman–Crippen MR) is 77.3 cm³/mol. The molecule has 1 aliphatic heterocycles. The zero-order valence-corrected chi connectivity index (χ0v) is 13.4. The van der Waals surface area contributed by atoms with E-state index >= 15 is 0 Å². The maximum atomic E-state index is 12.0. The second-order valence-corrected chi connectivity index (χ2v) is 7.22. The Morgan fingerprint density at radius 2 is 2.05 bits per heavy atom. The highest BCUT2D eigenvalue weighted by Gasteiger charge is 2.20. The van der Waals surface area contributed by atoms with E-state index in [-0.39, 0.29) is 18.5 Å². The fraction of sp³-hybridized carbons (Fsp3) is 1.00. The lowest BCUT2D eigenvalue weighted by Crippen LogP contribution is -2.34. The Morgan fingerprint density at radius 1 is 1.25 bits per heavy atom. The van der Waals surface area contributed by atoms with E-state index in [1.165, 1.54) is 10.7 Å². The van der Waals surface area contributed by atoms with Crippen LogP contribution in [0.3, 0.4) is 0 Å². The lowest BCUT2D eigenvalue weighted by Gasteiger charge is -2.25. The van der Waals surface area contributed by atoms with Gasteiger partial charge in [0.25, 0.3) is 0 Å². The van der Waals surface area contributed by atoms with Crippen molar-refractivity contribution in [1.29, 1.82) is 0 Å². The first-order chi connectivity index (χ1) is 9.56. The molecule has 0 aromatic heterocycles. The summed E-state index contributed by atoms with van der Waals surface area (Å²) < 4.78 is 41.1. The minimum Gasteiger partial charge on any atom is -0.382 e. The van der Waals surface area contributed by atoms with E-state index < -0.39 is 10.0 Å². The minimum atomic E-state index is -3.24. The van der Waals surface area contributed by atoms with Gasteiger partial charge < -0.3 is 14.2 Å². The molecular formula is C13H27NO5S. The monoisotopic (exact) mass is 309 g/mol. The zero-order chi connectivity index (χ0) is 14.8. The zero-order valence-electron chi connectivity index (χ0n) is 12.5. The van der Waals surface area contributed by atoms with E-state index in [9.17, 15) is 8.42 Å². The Morgan fingerprint density at radius 3 is 2.70 bits per heavy atom. The van der Waals surface area contributed by atoms with Crippen LogP contribution < -0.4 is 0 Å². The molecule has 0 aromatic carbocycles. The van der Waals surface area contributed by atoms with Gasteiger partial charge >= 0.3 is 0 Å². The smallest absolute Gasteiger partial charge is 0.216 e. The molecule has 1 atom stereocenters. The molecule has 1 aliphatic rings. The van der Waals surface area contributed by atoms with Crippen molar-refractivity contribution >= 4 is 10.0 Å². The van der Waals surface area contributed by atoms with Crippen LogP contribution in [-0.2, 0) is 24.2 Å². The van der Waals surface area contributed by atoms with Gasteiger partial charge in [-0.25, -0.2) is 12.7 Å².